The lowest BCUT2D eigenvalue weighted by Gasteiger charge is -2.24. The van der Waals surface area contributed by atoms with Crippen molar-refractivity contribution in [3.63, 3.8) is 0 Å². The van der Waals surface area contributed by atoms with Gasteiger partial charge in [0.15, 0.2) is 0 Å². The van der Waals surface area contributed by atoms with Gasteiger partial charge < -0.3 is 10.2 Å². The molecule has 4 heteroatoms. The summed E-state index contributed by atoms with van der Waals surface area (Å²) in [6, 6.07) is 6.36. The van der Waals surface area contributed by atoms with Crippen LogP contribution in [0.1, 0.15) is 23.2 Å². The predicted molar refractivity (Wildman–Crippen MR) is 64.4 cm³/mol. The molecule has 0 radical (unpaired) electrons. The van der Waals surface area contributed by atoms with Crippen LogP contribution in [0.25, 0.3) is 0 Å². The number of halogens is 1. The van der Waals surface area contributed by atoms with E-state index in [0.717, 1.165) is 25.9 Å². The average Bonchev–Trinajstić information content (AvgIpc) is 2.78. The lowest BCUT2D eigenvalue weighted by atomic mass is 10.1. The Labute approximate surface area is 101 Å². The average molecular weight is 236 g/mol. The van der Waals surface area contributed by atoms with Crippen LogP contribution in [0.4, 0.5) is 4.39 Å². The third-order valence-corrected chi connectivity index (χ3v) is 3.18. The van der Waals surface area contributed by atoms with E-state index >= 15 is 0 Å². The Kier molecular flexibility index (Phi) is 3.74. The highest BCUT2D eigenvalue weighted by Gasteiger charge is 2.29. The molecule has 1 aliphatic rings. The molecule has 17 heavy (non-hydrogen) atoms. The second-order valence-corrected chi connectivity index (χ2v) is 4.33. The number of hydrogen-bond donors (Lipinski definition) is 1. The fraction of sp³-hybridized carbons (Fsp3) is 0.462. The van der Waals surface area contributed by atoms with E-state index in [1.54, 1.807) is 23.1 Å². The number of rotatable bonds is 3. The Hall–Kier alpha value is -1.42. The number of carbonyl (C=O) groups is 1. The van der Waals surface area contributed by atoms with Crippen LogP contribution in [0.5, 0.6) is 0 Å². The van der Waals surface area contributed by atoms with Gasteiger partial charge in [-0.05, 0) is 32.0 Å². The van der Waals surface area contributed by atoms with Crippen molar-refractivity contribution in [1.29, 1.82) is 0 Å². The van der Waals surface area contributed by atoms with Crippen LogP contribution in [0.15, 0.2) is 24.3 Å². The van der Waals surface area contributed by atoms with E-state index in [2.05, 4.69) is 5.32 Å². The van der Waals surface area contributed by atoms with Gasteiger partial charge in [-0.1, -0.05) is 12.1 Å². The topological polar surface area (TPSA) is 32.3 Å². The molecule has 0 saturated carbocycles. The largest absolute Gasteiger partial charge is 0.334 e. The summed E-state index contributed by atoms with van der Waals surface area (Å²) in [7, 11) is 1.87. The van der Waals surface area contributed by atoms with Gasteiger partial charge in [0.25, 0.3) is 5.91 Å². The molecule has 1 saturated heterocycles. The monoisotopic (exact) mass is 236 g/mol. The first kappa shape index (κ1) is 12.0. The quantitative estimate of drug-likeness (QED) is 0.865. The van der Waals surface area contributed by atoms with Crippen LogP contribution in [0.3, 0.4) is 0 Å². The molecule has 1 aliphatic heterocycles. The molecule has 0 aliphatic carbocycles. The fourth-order valence-corrected chi connectivity index (χ4v) is 2.34. The van der Waals surface area contributed by atoms with E-state index in [0.29, 0.717) is 0 Å². The smallest absolute Gasteiger partial charge is 0.257 e. The zero-order valence-corrected chi connectivity index (χ0v) is 9.95. The SMILES string of the molecule is CNCC1CCCN1C(=O)c1ccccc1F. The van der Waals surface area contributed by atoms with E-state index in [1.165, 1.54) is 6.07 Å². The molecule has 1 fully saturated rings. The van der Waals surface area contributed by atoms with Crippen LogP contribution < -0.4 is 5.32 Å². The molecule has 3 nitrogen and oxygen atoms in total. The Balaban J connectivity index is 2.17. The highest BCUT2D eigenvalue weighted by Crippen LogP contribution is 2.20. The Morgan fingerprint density at radius 3 is 3.00 bits per heavy atom. The van der Waals surface area contributed by atoms with Crippen LogP contribution >= 0.6 is 0 Å². The van der Waals surface area contributed by atoms with Crippen LogP contribution in [-0.2, 0) is 0 Å². The van der Waals surface area contributed by atoms with Crippen molar-refractivity contribution < 1.29 is 9.18 Å². The van der Waals surface area contributed by atoms with Crippen molar-refractivity contribution in [2.24, 2.45) is 0 Å². The van der Waals surface area contributed by atoms with Crippen molar-refractivity contribution in [3.8, 4) is 0 Å². The predicted octanol–water partition coefficient (Wildman–Crippen LogP) is 1.65. The van der Waals surface area contributed by atoms with Crippen molar-refractivity contribution in [2.75, 3.05) is 20.1 Å². The molecule has 1 N–H and O–H groups in total. The Morgan fingerprint density at radius 1 is 1.53 bits per heavy atom. The van der Waals surface area contributed by atoms with E-state index in [4.69, 9.17) is 0 Å². The molecule has 1 heterocycles. The van der Waals surface area contributed by atoms with E-state index in [1.807, 2.05) is 7.05 Å². The molecular formula is C13H17FN2O. The van der Waals surface area contributed by atoms with Gasteiger partial charge in [0, 0.05) is 19.1 Å². The first-order valence-corrected chi connectivity index (χ1v) is 5.94. The maximum atomic E-state index is 13.5. The van der Waals surface area contributed by atoms with Gasteiger partial charge in [-0.15, -0.1) is 0 Å². The van der Waals surface area contributed by atoms with Crippen molar-refractivity contribution in [1.82, 2.24) is 10.2 Å². The number of nitrogens with one attached hydrogen (secondary N) is 1. The van der Waals surface area contributed by atoms with Gasteiger partial charge in [-0.25, -0.2) is 4.39 Å². The third kappa shape index (κ3) is 2.47. The molecule has 0 bridgehead atoms. The summed E-state index contributed by atoms with van der Waals surface area (Å²) >= 11 is 0. The number of benzene rings is 1. The zero-order valence-electron chi connectivity index (χ0n) is 9.95. The van der Waals surface area contributed by atoms with Gasteiger partial charge >= 0.3 is 0 Å². The summed E-state index contributed by atoms with van der Waals surface area (Å²) in [6.07, 6.45) is 1.98. The maximum Gasteiger partial charge on any atom is 0.257 e. The van der Waals surface area contributed by atoms with E-state index in [-0.39, 0.29) is 17.5 Å². The van der Waals surface area contributed by atoms with Crippen molar-refractivity contribution >= 4 is 5.91 Å². The van der Waals surface area contributed by atoms with Crippen molar-refractivity contribution in [3.05, 3.63) is 35.6 Å². The molecular weight excluding hydrogens is 219 g/mol. The molecule has 92 valence electrons. The number of carbonyl (C=O) groups excluding carboxylic acids is 1. The summed E-state index contributed by atoms with van der Waals surface area (Å²) in [5, 5.41) is 3.07. The lowest BCUT2D eigenvalue weighted by Crippen LogP contribution is -2.41. The molecule has 1 aromatic carbocycles. The summed E-state index contributed by atoms with van der Waals surface area (Å²) in [4.78, 5) is 14.0. The van der Waals surface area contributed by atoms with Gasteiger partial charge in [-0.3, -0.25) is 4.79 Å². The minimum atomic E-state index is -0.437. The summed E-state index contributed by atoms with van der Waals surface area (Å²) in [5.74, 6) is -0.631. The van der Waals surface area contributed by atoms with Gasteiger partial charge in [0.05, 0.1) is 5.56 Å². The normalized spacial score (nSPS) is 19.6. The lowest BCUT2D eigenvalue weighted by molar-refractivity contribution is 0.0732. The van der Waals surface area contributed by atoms with Crippen molar-refractivity contribution in [2.45, 2.75) is 18.9 Å². The van der Waals surface area contributed by atoms with E-state index < -0.39 is 5.82 Å². The number of likely N-dealkylation sites (tertiary alicyclic amines) is 1. The Bertz CT molecular complexity index is 408. The molecule has 1 atom stereocenters. The van der Waals surface area contributed by atoms with E-state index in [9.17, 15) is 9.18 Å². The first-order chi connectivity index (χ1) is 8.24. The number of nitrogens with zero attached hydrogens (tertiary/aromatic N) is 1. The molecule has 1 amide bonds. The second kappa shape index (κ2) is 5.27. The Morgan fingerprint density at radius 2 is 2.29 bits per heavy atom. The molecule has 1 aromatic rings. The van der Waals surface area contributed by atoms with Gasteiger partial charge in [0.2, 0.25) is 0 Å². The molecule has 0 aromatic heterocycles. The summed E-state index contributed by atoms with van der Waals surface area (Å²) in [5.41, 5.74) is 0.176. The van der Waals surface area contributed by atoms with Crippen LogP contribution in [0, 0.1) is 5.82 Å². The summed E-state index contributed by atoms with van der Waals surface area (Å²) in [6.45, 7) is 1.49. The van der Waals surface area contributed by atoms with Gasteiger partial charge in [0.1, 0.15) is 5.82 Å². The standard InChI is InChI=1S/C13H17FN2O/c1-15-9-10-5-4-8-16(10)13(17)11-6-2-3-7-12(11)14/h2-3,6-7,10,15H,4-5,8-9H2,1H3. The number of hydrogen-bond acceptors (Lipinski definition) is 2. The minimum absolute atomic E-state index is 0.176. The van der Waals surface area contributed by atoms with Crippen LogP contribution in [0.2, 0.25) is 0 Å². The second-order valence-electron chi connectivity index (χ2n) is 4.33. The third-order valence-electron chi connectivity index (χ3n) is 3.18. The fourth-order valence-electron chi connectivity index (χ4n) is 2.34. The minimum Gasteiger partial charge on any atom is -0.334 e. The molecule has 0 spiro atoms. The van der Waals surface area contributed by atoms with Gasteiger partial charge in [-0.2, -0.15) is 0 Å². The highest BCUT2D eigenvalue weighted by atomic mass is 19.1. The zero-order chi connectivity index (χ0) is 12.3. The number of likely N-dealkylation sites (N-methyl/N-ethyl adjacent to an activating group) is 1. The number of amides is 1. The molecule has 2 rings (SSSR count). The summed E-state index contributed by atoms with van der Waals surface area (Å²) < 4.78 is 13.5. The van der Waals surface area contributed by atoms with Crippen LogP contribution in [-0.4, -0.2) is 37.0 Å². The molecule has 1 unspecified atom stereocenters. The first-order valence-electron chi connectivity index (χ1n) is 5.94. The highest BCUT2D eigenvalue weighted by molar-refractivity contribution is 5.94. The maximum absolute atomic E-state index is 13.5.